The zero-order valence-corrected chi connectivity index (χ0v) is 14.3. The van der Waals surface area contributed by atoms with Gasteiger partial charge in [0, 0.05) is 25.2 Å². The monoisotopic (exact) mass is 296 g/mol. The molecule has 1 N–H and O–H groups in total. The van der Waals surface area contributed by atoms with E-state index in [1.54, 1.807) is 0 Å². The molecule has 2 aliphatic rings. The number of carbonyl (C=O) groups is 1. The van der Waals surface area contributed by atoms with Crippen LogP contribution < -0.4 is 5.32 Å². The second-order valence-electron chi connectivity index (χ2n) is 7.89. The summed E-state index contributed by atoms with van der Waals surface area (Å²) >= 11 is 0. The molecule has 3 unspecified atom stereocenters. The van der Waals surface area contributed by atoms with Crippen LogP contribution in [0.4, 0.5) is 4.79 Å². The molecule has 1 amide bonds. The zero-order chi connectivity index (χ0) is 15.6. The predicted molar refractivity (Wildman–Crippen MR) is 85.3 cm³/mol. The van der Waals surface area contributed by atoms with E-state index in [2.05, 4.69) is 24.1 Å². The second kappa shape index (κ2) is 6.55. The average Bonchev–Trinajstić information content (AvgIpc) is 3.19. The van der Waals surface area contributed by atoms with Crippen LogP contribution in [-0.4, -0.2) is 41.8 Å². The van der Waals surface area contributed by atoms with E-state index in [0.29, 0.717) is 12.0 Å². The number of nitrogens with one attached hydrogen (secondary N) is 1. The molecule has 2 fully saturated rings. The average molecular weight is 296 g/mol. The largest absolute Gasteiger partial charge is 0.444 e. The summed E-state index contributed by atoms with van der Waals surface area (Å²) in [6, 6.07) is 0.877. The first-order valence-electron chi connectivity index (χ1n) is 8.52. The lowest BCUT2D eigenvalue weighted by Gasteiger charge is -2.41. The Morgan fingerprint density at radius 2 is 2.00 bits per heavy atom. The number of piperidine rings is 1. The fourth-order valence-electron chi connectivity index (χ4n) is 3.32. The van der Waals surface area contributed by atoms with E-state index in [1.807, 2.05) is 20.8 Å². The number of hydrogen-bond donors (Lipinski definition) is 1. The fraction of sp³-hybridized carbons (Fsp3) is 0.941. The number of amides is 1. The molecular weight excluding hydrogens is 264 g/mol. The molecule has 1 heterocycles. The van der Waals surface area contributed by atoms with Gasteiger partial charge in [0.15, 0.2) is 0 Å². The molecule has 1 aliphatic heterocycles. The Morgan fingerprint density at radius 3 is 2.52 bits per heavy atom. The van der Waals surface area contributed by atoms with Crippen molar-refractivity contribution < 1.29 is 9.53 Å². The third-order valence-electron chi connectivity index (χ3n) is 4.74. The van der Waals surface area contributed by atoms with Crippen molar-refractivity contribution in [1.82, 2.24) is 10.2 Å². The van der Waals surface area contributed by atoms with Crippen LogP contribution in [0.5, 0.6) is 0 Å². The number of nitrogens with zero attached hydrogens (tertiary/aromatic N) is 1. The molecule has 1 aliphatic carbocycles. The number of ether oxygens (including phenoxy) is 1. The SMILES string of the molecule is CCC1CC(NC(=O)OC(C)(C)C)CN(C(C)C2CC2)C1. The lowest BCUT2D eigenvalue weighted by molar-refractivity contribution is 0.0408. The van der Waals surface area contributed by atoms with Crippen molar-refractivity contribution in [1.29, 1.82) is 0 Å². The summed E-state index contributed by atoms with van der Waals surface area (Å²) in [6.45, 7) is 12.5. The van der Waals surface area contributed by atoms with Gasteiger partial charge in [-0.2, -0.15) is 0 Å². The molecule has 21 heavy (non-hydrogen) atoms. The smallest absolute Gasteiger partial charge is 0.407 e. The van der Waals surface area contributed by atoms with Gasteiger partial charge >= 0.3 is 6.09 Å². The maximum absolute atomic E-state index is 12.0. The maximum Gasteiger partial charge on any atom is 0.407 e. The highest BCUT2D eigenvalue weighted by Crippen LogP contribution is 2.36. The van der Waals surface area contributed by atoms with Gasteiger partial charge in [-0.3, -0.25) is 4.90 Å². The Labute approximate surface area is 129 Å². The molecule has 0 spiro atoms. The van der Waals surface area contributed by atoms with E-state index in [-0.39, 0.29) is 12.1 Å². The molecule has 4 nitrogen and oxygen atoms in total. The molecule has 4 heteroatoms. The van der Waals surface area contributed by atoms with E-state index in [4.69, 9.17) is 4.74 Å². The third-order valence-corrected chi connectivity index (χ3v) is 4.74. The van der Waals surface area contributed by atoms with Crippen molar-refractivity contribution in [3.8, 4) is 0 Å². The fourth-order valence-corrected chi connectivity index (χ4v) is 3.32. The van der Waals surface area contributed by atoms with Gasteiger partial charge in [0.25, 0.3) is 0 Å². The Morgan fingerprint density at radius 1 is 1.33 bits per heavy atom. The Balaban J connectivity index is 1.90. The highest BCUT2D eigenvalue weighted by molar-refractivity contribution is 5.68. The molecule has 3 atom stereocenters. The molecule has 0 aromatic rings. The van der Waals surface area contributed by atoms with Crippen LogP contribution in [-0.2, 0) is 4.74 Å². The number of carbonyl (C=O) groups excluding carboxylic acids is 1. The first kappa shape index (κ1) is 16.6. The molecular formula is C17H32N2O2. The Kier molecular flexibility index (Phi) is 5.18. The summed E-state index contributed by atoms with van der Waals surface area (Å²) in [5.74, 6) is 1.56. The van der Waals surface area contributed by atoms with Crippen LogP contribution in [0.25, 0.3) is 0 Å². The van der Waals surface area contributed by atoms with Crippen molar-refractivity contribution in [2.75, 3.05) is 13.1 Å². The molecule has 0 aromatic heterocycles. The Hall–Kier alpha value is -0.770. The van der Waals surface area contributed by atoms with Crippen LogP contribution in [0.2, 0.25) is 0 Å². The van der Waals surface area contributed by atoms with E-state index < -0.39 is 5.60 Å². The molecule has 0 bridgehead atoms. The van der Waals surface area contributed by atoms with Crippen molar-refractivity contribution in [3.63, 3.8) is 0 Å². The number of rotatable bonds is 4. The van der Waals surface area contributed by atoms with Crippen molar-refractivity contribution in [3.05, 3.63) is 0 Å². The van der Waals surface area contributed by atoms with Gasteiger partial charge in [-0.05, 0) is 58.8 Å². The van der Waals surface area contributed by atoms with Crippen molar-refractivity contribution >= 4 is 6.09 Å². The molecule has 2 rings (SSSR count). The van der Waals surface area contributed by atoms with E-state index >= 15 is 0 Å². The van der Waals surface area contributed by atoms with Gasteiger partial charge in [0.2, 0.25) is 0 Å². The molecule has 1 saturated heterocycles. The lowest BCUT2D eigenvalue weighted by Crippen LogP contribution is -2.54. The van der Waals surface area contributed by atoms with Gasteiger partial charge in [0.05, 0.1) is 0 Å². The van der Waals surface area contributed by atoms with Gasteiger partial charge in [-0.15, -0.1) is 0 Å². The van der Waals surface area contributed by atoms with Crippen molar-refractivity contribution in [2.24, 2.45) is 11.8 Å². The number of hydrogen-bond acceptors (Lipinski definition) is 3. The van der Waals surface area contributed by atoms with Gasteiger partial charge < -0.3 is 10.1 Å². The third kappa shape index (κ3) is 5.17. The second-order valence-corrected chi connectivity index (χ2v) is 7.89. The predicted octanol–water partition coefficient (Wildman–Crippen LogP) is 3.41. The summed E-state index contributed by atoms with van der Waals surface area (Å²) in [5.41, 5.74) is -0.427. The highest BCUT2D eigenvalue weighted by atomic mass is 16.6. The topological polar surface area (TPSA) is 41.6 Å². The van der Waals surface area contributed by atoms with Crippen molar-refractivity contribution in [2.45, 2.75) is 78.0 Å². The van der Waals surface area contributed by atoms with Gasteiger partial charge in [-0.1, -0.05) is 13.3 Å². The van der Waals surface area contributed by atoms with E-state index in [0.717, 1.165) is 18.9 Å². The minimum atomic E-state index is -0.427. The normalized spacial score (nSPS) is 29.0. The summed E-state index contributed by atoms with van der Waals surface area (Å²) < 4.78 is 5.40. The Bertz CT molecular complexity index is 360. The maximum atomic E-state index is 12.0. The number of alkyl carbamates (subject to hydrolysis) is 1. The van der Waals surface area contributed by atoms with Crippen LogP contribution in [0.3, 0.4) is 0 Å². The minimum absolute atomic E-state index is 0.222. The molecule has 0 aromatic carbocycles. The standard InChI is InChI=1S/C17H32N2O2/c1-6-13-9-15(18-16(20)21-17(3,4)5)11-19(10-13)12(2)14-7-8-14/h12-15H,6-11H2,1-5H3,(H,18,20). The van der Waals surface area contributed by atoms with Gasteiger partial charge in [-0.25, -0.2) is 4.79 Å². The summed E-state index contributed by atoms with van der Waals surface area (Å²) in [6.07, 6.45) is 4.73. The van der Waals surface area contributed by atoms with E-state index in [1.165, 1.54) is 25.8 Å². The van der Waals surface area contributed by atoms with Crippen LogP contribution >= 0.6 is 0 Å². The first-order chi connectivity index (χ1) is 9.78. The molecule has 1 saturated carbocycles. The van der Waals surface area contributed by atoms with Crippen LogP contribution in [0, 0.1) is 11.8 Å². The minimum Gasteiger partial charge on any atom is -0.444 e. The quantitative estimate of drug-likeness (QED) is 0.864. The highest BCUT2D eigenvalue weighted by Gasteiger charge is 2.37. The van der Waals surface area contributed by atoms with Crippen LogP contribution in [0.15, 0.2) is 0 Å². The lowest BCUT2D eigenvalue weighted by atomic mass is 9.90. The first-order valence-corrected chi connectivity index (χ1v) is 8.52. The van der Waals surface area contributed by atoms with E-state index in [9.17, 15) is 4.79 Å². The van der Waals surface area contributed by atoms with Gasteiger partial charge in [0.1, 0.15) is 5.60 Å². The summed E-state index contributed by atoms with van der Waals surface area (Å²) in [5, 5.41) is 3.08. The summed E-state index contributed by atoms with van der Waals surface area (Å²) in [7, 11) is 0. The number of likely N-dealkylation sites (tertiary alicyclic amines) is 1. The van der Waals surface area contributed by atoms with Crippen LogP contribution in [0.1, 0.15) is 60.3 Å². The molecule has 0 radical (unpaired) electrons. The summed E-state index contributed by atoms with van der Waals surface area (Å²) in [4.78, 5) is 14.6. The molecule has 122 valence electrons. The zero-order valence-electron chi connectivity index (χ0n) is 14.3.